The van der Waals surface area contributed by atoms with Crippen molar-refractivity contribution in [3.63, 3.8) is 0 Å². The molecule has 0 aliphatic heterocycles. The van der Waals surface area contributed by atoms with Crippen LogP contribution in [-0.2, 0) is 4.74 Å². The van der Waals surface area contributed by atoms with Crippen molar-refractivity contribution >= 4 is 17.5 Å². The van der Waals surface area contributed by atoms with E-state index in [2.05, 4.69) is 4.98 Å². The molecule has 0 spiro atoms. The minimum atomic E-state index is -0.986. The maximum Gasteiger partial charge on any atom is 0.338 e. The Morgan fingerprint density at radius 2 is 1.59 bits per heavy atom. The van der Waals surface area contributed by atoms with Crippen LogP contribution in [0.1, 0.15) is 70.2 Å². The number of hydrogen-bond donors (Lipinski definition) is 1. The number of aryl methyl sites for hydroxylation is 1. The highest BCUT2D eigenvalue weighted by Gasteiger charge is 2.26. The Kier molecular flexibility index (Phi) is 6.20. The van der Waals surface area contributed by atoms with E-state index in [1.54, 1.807) is 38.1 Å². The molecule has 0 saturated heterocycles. The summed E-state index contributed by atoms with van der Waals surface area (Å²) in [5, 5.41) is 0. The summed E-state index contributed by atoms with van der Waals surface area (Å²) in [7, 11) is 0. The van der Waals surface area contributed by atoms with E-state index in [0.29, 0.717) is 33.8 Å². The van der Waals surface area contributed by atoms with Crippen molar-refractivity contribution < 1.29 is 23.9 Å². The number of carbonyl (C=O) groups excluding carboxylic acids is 3. The molecule has 1 atom stereocenters. The van der Waals surface area contributed by atoms with Gasteiger partial charge in [-0.15, -0.1) is 0 Å². The highest BCUT2D eigenvalue weighted by Crippen LogP contribution is 2.21. The van der Waals surface area contributed by atoms with E-state index in [9.17, 15) is 14.4 Å². The number of aromatic nitrogens is 1. The van der Waals surface area contributed by atoms with Crippen molar-refractivity contribution in [2.24, 2.45) is 0 Å². The first-order valence-electron chi connectivity index (χ1n) is 8.83. The van der Waals surface area contributed by atoms with Crippen molar-refractivity contribution in [2.45, 2.75) is 53.8 Å². The summed E-state index contributed by atoms with van der Waals surface area (Å²) in [5.74, 6) is -0.440. The largest absolute Gasteiger partial charge is 0.491 e. The van der Waals surface area contributed by atoms with Gasteiger partial charge >= 0.3 is 5.97 Å². The predicted octanol–water partition coefficient (Wildman–Crippen LogP) is 4.05. The van der Waals surface area contributed by atoms with Crippen LogP contribution in [0.3, 0.4) is 0 Å². The van der Waals surface area contributed by atoms with E-state index >= 15 is 0 Å². The fourth-order valence-electron chi connectivity index (χ4n) is 2.95. The molecule has 1 heterocycles. The lowest BCUT2D eigenvalue weighted by Gasteiger charge is -2.13. The molecule has 2 aromatic rings. The van der Waals surface area contributed by atoms with Crippen LogP contribution in [0.4, 0.5) is 0 Å². The lowest BCUT2D eigenvalue weighted by Crippen LogP contribution is -2.25. The van der Waals surface area contributed by atoms with E-state index in [1.165, 1.54) is 13.8 Å². The molecule has 144 valence electrons. The van der Waals surface area contributed by atoms with Gasteiger partial charge in [0.15, 0.2) is 11.9 Å². The van der Waals surface area contributed by atoms with Gasteiger partial charge in [0.25, 0.3) is 0 Å². The topological polar surface area (TPSA) is 85.5 Å². The zero-order chi connectivity index (χ0) is 20.3. The van der Waals surface area contributed by atoms with Gasteiger partial charge in [-0.3, -0.25) is 9.59 Å². The fourth-order valence-corrected chi connectivity index (χ4v) is 2.95. The first-order chi connectivity index (χ1) is 12.6. The molecular weight excluding hydrogens is 346 g/mol. The molecule has 1 N–H and O–H groups in total. The Balaban J connectivity index is 2.11. The first-order valence-corrected chi connectivity index (χ1v) is 8.83. The maximum atomic E-state index is 12.7. The van der Waals surface area contributed by atoms with E-state index in [-0.39, 0.29) is 17.7 Å². The number of hydrogen-bond acceptors (Lipinski definition) is 5. The number of nitrogens with one attached hydrogen (secondary N) is 1. The second kappa shape index (κ2) is 8.20. The van der Waals surface area contributed by atoms with Crippen LogP contribution in [-0.4, -0.2) is 34.7 Å². The molecule has 6 nitrogen and oxygen atoms in total. The Morgan fingerprint density at radius 3 is 2.07 bits per heavy atom. The smallest absolute Gasteiger partial charge is 0.338 e. The number of benzene rings is 1. The monoisotopic (exact) mass is 371 g/mol. The number of esters is 1. The van der Waals surface area contributed by atoms with Crippen molar-refractivity contribution in [1.82, 2.24) is 4.98 Å². The lowest BCUT2D eigenvalue weighted by atomic mass is 10.0. The Bertz CT molecular complexity index is 861. The predicted molar refractivity (Wildman–Crippen MR) is 102 cm³/mol. The highest BCUT2D eigenvalue weighted by molar-refractivity contribution is 6.05. The summed E-state index contributed by atoms with van der Waals surface area (Å²) in [6.45, 7) is 10.2. The standard InChI is InChI=1S/C21H25NO5/c1-11(2)26-17-9-7-16(8-10-17)21(25)27-15(6)20(24)19-12(3)18(14(5)23)13(4)22-19/h7-11,15,22H,1-6H3/t15-/m1/s1. The minimum absolute atomic E-state index is 0.0350. The molecule has 0 amide bonds. The van der Waals surface area contributed by atoms with Gasteiger partial charge in [0.05, 0.1) is 17.4 Å². The summed E-state index contributed by atoms with van der Waals surface area (Å²) in [6.07, 6.45) is -0.950. The molecule has 27 heavy (non-hydrogen) atoms. The molecule has 0 aliphatic carbocycles. The molecule has 0 saturated carbocycles. The van der Waals surface area contributed by atoms with Gasteiger partial charge in [-0.25, -0.2) is 4.79 Å². The van der Waals surface area contributed by atoms with E-state index < -0.39 is 12.1 Å². The molecule has 0 fully saturated rings. The Morgan fingerprint density at radius 1 is 1.00 bits per heavy atom. The van der Waals surface area contributed by atoms with Gasteiger partial charge in [0.1, 0.15) is 5.75 Å². The Labute approximate surface area is 158 Å². The summed E-state index contributed by atoms with van der Waals surface area (Å²) < 4.78 is 10.8. The van der Waals surface area contributed by atoms with E-state index in [1.807, 2.05) is 13.8 Å². The minimum Gasteiger partial charge on any atom is -0.491 e. The van der Waals surface area contributed by atoms with Gasteiger partial charge in [0, 0.05) is 11.3 Å². The summed E-state index contributed by atoms with van der Waals surface area (Å²) in [6, 6.07) is 6.55. The summed E-state index contributed by atoms with van der Waals surface area (Å²) in [4.78, 5) is 39.6. The number of ketones is 2. The number of carbonyl (C=O) groups is 3. The normalized spacial score (nSPS) is 12.0. The highest BCUT2D eigenvalue weighted by atomic mass is 16.5. The van der Waals surface area contributed by atoms with Crippen LogP contribution < -0.4 is 4.74 Å². The van der Waals surface area contributed by atoms with Gasteiger partial charge < -0.3 is 14.5 Å². The fraction of sp³-hybridized carbons (Fsp3) is 0.381. The molecule has 6 heteroatoms. The third-order valence-corrected chi connectivity index (χ3v) is 4.15. The second-order valence-corrected chi connectivity index (χ2v) is 6.78. The van der Waals surface area contributed by atoms with Crippen LogP contribution in [0.5, 0.6) is 5.75 Å². The third-order valence-electron chi connectivity index (χ3n) is 4.15. The molecule has 0 unspecified atom stereocenters. The number of rotatable bonds is 7. The van der Waals surface area contributed by atoms with Crippen LogP contribution in [0, 0.1) is 13.8 Å². The number of ether oxygens (including phenoxy) is 2. The lowest BCUT2D eigenvalue weighted by molar-refractivity contribution is 0.0317. The van der Waals surface area contributed by atoms with Crippen molar-refractivity contribution in [3.05, 3.63) is 52.3 Å². The van der Waals surface area contributed by atoms with Gasteiger partial charge in [0.2, 0.25) is 5.78 Å². The average Bonchev–Trinajstić information content (AvgIpc) is 2.88. The quantitative estimate of drug-likeness (QED) is 0.586. The summed E-state index contributed by atoms with van der Waals surface area (Å²) >= 11 is 0. The molecule has 2 rings (SSSR count). The number of Topliss-reactive ketones (excluding diaryl/α,β-unsaturated/α-hetero) is 2. The molecule has 1 aromatic heterocycles. The van der Waals surface area contributed by atoms with Crippen LogP contribution >= 0.6 is 0 Å². The van der Waals surface area contributed by atoms with Crippen molar-refractivity contribution in [1.29, 1.82) is 0 Å². The maximum absolute atomic E-state index is 12.7. The van der Waals surface area contributed by atoms with Crippen LogP contribution in [0.2, 0.25) is 0 Å². The number of H-pyrrole nitrogens is 1. The van der Waals surface area contributed by atoms with E-state index in [0.717, 1.165) is 0 Å². The molecular formula is C21H25NO5. The van der Waals surface area contributed by atoms with E-state index in [4.69, 9.17) is 9.47 Å². The summed E-state index contributed by atoms with van der Waals surface area (Å²) in [5.41, 5.74) is 2.32. The average molecular weight is 371 g/mol. The molecule has 0 bridgehead atoms. The van der Waals surface area contributed by atoms with Crippen LogP contribution in [0.25, 0.3) is 0 Å². The SMILES string of the molecule is CC(=O)c1c(C)[nH]c(C(=O)[C@@H](C)OC(=O)c2ccc(OC(C)C)cc2)c1C. The van der Waals surface area contributed by atoms with Gasteiger partial charge in [-0.05, 0) is 71.4 Å². The van der Waals surface area contributed by atoms with Crippen molar-refractivity contribution in [2.75, 3.05) is 0 Å². The first kappa shape index (κ1) is 20.4. The van der Waals surface area contributed by atoms with Crippen molar-refractivity contribution in [3.8, 4) is 5.75 Å². The Hall–Kier alpha value is -2.89. The number of aromatic amines is 1. The zero-order valence-corrected chi connectivity index (χ0v) is 16.5. The van der Waals surface area contributed by atoms with Gasteiger partial charge in [-0.2, -0.15) is 0 Å². The third kappa shape index (κ3) is 4.64. The second-order valence-electron chi connectivity index (χ2n) is 6.78. The molecule has 0 aliphatic rings. The van der Waals surface area contributed by atoms with Gasteiger partial charge in [-0.1, -0.05) is 0 Å². The molecule has 1 aromatic carbocycles. The van der Waals surface area contributed by atoms with Crippen LogP contribution in [0.15, 0.2) is 24.3 Å². The molecule has 0 radical (unpaired) electrons. The zero-order valence-electron chi connectivity index (χ0n) is 16.5.